The second-order valence-electron chi connectivity index (χ2n) is 6.71. The molecule has 3 rings (SSSR count). The van der Waals surface area contributed by atoms with Crippen LogP contribution in [0.4, 0.5) is 11.4 Å². The number of amides is 1. The minimum atomic E-state index is -0.163. The number of carbonyl (C=O) groups excluding carboxylic acids is 1. The first kappa shape index (κ1) is 18.3. The molecular weight excluding hydrogens is 328 g/mol. The summed E-state index contributed by atoms with van der Waals surface area (Å²) >= 11 is 0. The molecule has 0 atom stereocenters. The van der Waals surface area contributed by atoms with Gasteiger partial charge in [0.2, 0.25) is 0 Å². The number of nitrogens with one attached hydrogen (secondary N) is 1. The fourth-order valence-electron chi connectivity index (χ4n) is 3.31. The molecule has 1 N–H and O–H groups in total. The minimum Gasteiger partial charge on any atom is -0.483 e. The van der Waals surface area contributed by atoms with Gasteiger partial charge in [-0.15, -0.1) is 0 Å². The van der Waals surface area contributed by atoms with Crippen molar-refractivity contribution in [2.45, 2.75) is 20.8 Å². The number of aryl methyl sites for hydroxylation is 3. The summed E-state index contributed by atoms with van der Waals surface area (Å²) in [4.78, 5) is 14.5. The molecule has 0 bridgehead atoms. The lowest BCUT2D eigenvalue weighted by Crippen LogP contribution is -2.36. The first-order valence-electron chi connectivity index (χ1n) is 8.96. The van der Waals surface area contributed by atoms with E-state index in [4.69, 9.17) is 9.47 Å². The summed E-state index contributed by atoms with van der Waals surface area (Å²) in [7, 11) is 0. The highest BCUT2D eigenvalue weighted by Crippen LogP contribution is 2.24. The van der Waals surface area contributed by atoms with Gasteiger partial charge in [0.25, 0.3) is 5.91 Å². The lowest BCUT2D eigenvalue weighted by molar-refractivity contribution is -0.118. The van der Waals surface area contributed by atoms with Gasteiger partial charge in [-0.2, -0.15) is 0 Å². The molecule has 138 valence electrons. The molecule has 1 aliphatic heterocycles. The smallest absolute Gasteiger partial charge is 0.262 e. The van der Waals surface area contributed by atoms with E-state index in [0.29, 0.717) is 0 Å². The number of anilines is 2. The number of hydrogen-bond acceptors (Lipinski definition) is 4. The van der Waals surface area contributed by atoms with E-state index in [1.807, 2.05) is 38.1 Å². The van der Waals surface area contributed by atoms with Crippen molar-refractivity contribution in [1.29, 1.82) is 0 Å². The second kappa shape index (κ2) is 8.23. The minimum absolute atomic E-state index is 0.00401. The van der Waals surface area contributed by atoms with Crippen LogP contribution in [0.1, 0.15) is 16.7 Å². The Morgan fingerprint density at radius 3 is 2.31 bits per heavy atom. The Labute approximate surface area is 154 Å². The van der Waals surface area contributed by atoms with Crippen LogP contribution in [0.2, 0.25) is 0 Å². The van der Waals surface area contributed by atoms with Crippen molar-refractivity contribution in [1.82, 2.24) is 0 Å². The molecule has 0 aliphatic carbocycles. The summed E-state index contributed by atoms with van der Waals surface area (Å²) in [5.74, 6) is 0.622. The second-order valence-corrected chi connectivity index (χ2v) is 6.71. The maximum atomic E-state index is 12.2. The lowest BCUT2D eigenvalue weighted by atomic mass is 10.1. The molecule has 0 unspecified atom stereocenters. The maximum absolute atomic E-state index is 12.2. The average Bonchev–Trinajstić information content (AvgIpc) is 2.62. The third-order valence-electron chi connectivity index (χ3n) is 4.48. The number of benzene rings is 2. The van der Waals surface area contributed by atoms with Crippen LogP contribution in [-0.2, 0) is 9.53 Å². The number of nitrogens with zero attached hydrogens (tertiary/aromatic N) is 1. The molecule has 0 spiro atoms. The number of hydrogen-bond donors (Lipinski definition) is 1. The molecule has 0 aromatic heterocycles. The third kappa shape index (κ3) is 4.55. The summed E-state index contributed by atoms with van der Waals surface area (Å²) < 4.78 is 11.1. The standard InChI is InChI=1S/C21H26N2O3/c1-15-12-16(2)21(17(3)13-15)26-14-20(24)22-18-4-6-19(7-5-18)23-8-10-25-11-9-23/h4-7,12-13H,8-11,14H2,1-3H3,(H,22,24). The summed E-state index contributed by atoms with van der Waals surface area (Å²) in [6, 6.07) is 12.0. The van der Waals surface area contributed by atoms with Crippen LogP contribution in [0, 0.1) is 20.8 Å². The first-order chi connectivity index (χ1) is 12.5. The molecule has 1 aliphatic rings. The van der Waals surface area contributed by atoms with Gasteiger partial charge in [-0.1, -0.05) is 17.7 Å². The van der Waals surface area contributed by atoms with E-state index in [1.54, 1.807) is 0 Å². The van der Waals surface area contributed by atoms with Gasteiger partial charge < -0.3 is 19.7 Å². The van der Waals surface area contributed by atoms with Crippen LogP contribution >= 0.6 is 0 Å². The van der Waals surface area contributed by atoms with E-state index in [9.17, 15) is 4.79 Å². The zero-order valence-electron chi connectivity index (χ0n) is 15.7. The molecule has 5 heteroatoms. The molecule has 5 nitrogen and oxygen atoms in total. The largest absolute Gasteiger partial charge is 0.483 e. The number of morpholine rings is 1. The van der Waals surface area contributed by atoms with Gasteiger partial charge >= 0.3 is 0 Å². The van der Waals surface area contributed by atoms with Crippen LogP contribution in [0.3, 0.4) is 0 Å². The van der Waals surface area contributed by atoms with Gasteiger partial charge in [0.05, 0.1) is 13.2 Å². The fourth-order valence-corrected chi connectivity index (χ4v) is 3.31. The van der Waals surface area contributed by atoms with E-state index in [-0.39, 0.29) is 12.5 Å². The van der Waals surface area contributed by atoms with E-state index in [0.717, 1.165) is 54.6 Å². The van der Waals surface area contributed by atoms with Crippen LogP contribution in [0.5, 0.6) is 5.75 Å². The van der Waals surface area contributed by atoms with E-state index >= 15 is 0 Å². The average molecular weight is 354 g/mol. The highest BCUT2D eigenvalue weighted by Gasteiger charge is 2.12. The molecule has 1 amide bonds. The van der Waals surface area contributed by atoms with Crippen molar-refractivity contribution in [2.75, 3.05) is 43.1 Å². The van der Waals surface area contributed by atoms with Crippen LogP contribution in [0.25, 0.3) is 0 Å². The molecular formula is C21H26N2O3. The van der Waals surface area contributed by atoms with Gasteiger partial charge in [0.15, 0.2) is 6.61 Å². The van der Waals surface area contributed by atoms with Gasteiger partial charge in [0.1, 0.15) is 5.75 Å². The van der Waals surface area contributed by atoms with E-state index in [1.165, 1.54) is 5.56 Å². The molecule has 26 heavy (non-hydrogen) atoms. The highest BCUT2D eigenvalue weighted by molar-refractivity contribution is 5.92. The van der Waals surface area contributed by atoms with Crippen molar-refractivity contribution in [3.63, 3.8) is 0 Å². The van der Waals surface area contributed by atoms with E-state index < -0.39 is 0 Å². The zero-order valence-corrected chi connectivity index (χ0v) is 15.7. The molecule has 1 heterocycles. The maximum Gasteiger partial charge on any atom is 0.262 e. The Bertz CT molecular complexity index is 742. The topological polar surface area (TPSA) is 50.8 Å². The predicted octanol–water partition coefficient (Wildman–Crippen LogP) is 3.47. The number of carbonyl (C=O) groups is 1. The summed E-state index contributed by atoms with van der Waals surface area (Å²) in [5, 5.41) is 2.89. The number of rotatable bonds is 5. The van der Waals surface area contributed by atoms with Crippen molar-refractivity contribution in [3.05, 3.63) is 53.1 Å². The predicted molar refractivity (Wildman–Crippen MR) is 104 cm³/mol. The van der Waals surface area contributed by atoms with Crippen LogP contribution < -0.4 is 15.0 Å². The normalized spacial score (nSPS) is 14.2. The molecule has 2 aromatic carbocycles. The monoisotopic (exact) mass is 354 g/mol. The fraction of sp³-hybridized carbons (Fsp3) is 0.381. The van der Waals surface area contributed by atoms with Crippen LogP contribution in [0.15, 0.2) is 36.4 Å². The zero-order chi connectivity index (χ0) is 18.5. The Kier molecular flexibility index (Phi) is 5.78. The summed E-state index contributed by atoms with van der Waals surface area (Å²) in [6.45, 7) is 9.35. The first-order valence-corrected chi connectivity index (χ1v) is 8.96. The van der Waals surface area contributed by atoms with Crippen molar-refractivity contribution < 1.29 is 14.3 Å². The Balaban J connectivity index is 1.55. The van der Waals surface area contributed by atoms with E-state index in [2.05, 4.69) is 29.3 Å². The Morgan fingerprint density at radius 1 is 1.08 bits per heavy atom. The number of ether oxygens (including phenoxy) is 2. The van der Waals surface area contributed by atoms with Gasteiger partial charge in [-0.3, -0.25) is 4.79 Å². The molecule has 0 saturated carbocycles. The van der Waals surface area contributed by atoms with Gasteiger partial charge in [-0.05, 0) is 56.2 Å². The lowest BCUT2D eigenvalue weighted by Gasteiger charge is -2.28. The third-order valence-corrected chi connectivity index (χ3v) is 4.48. The van der Waals surface area contributed by atoms with Crippen molar-refractivity contribution in [3.8, 4) is 5.75 Å². The summed E-state index contributed by atoms with van der Waals surface area (Å²) in [6.07, 6.45) is 0. The SMILES string of the molecule is Cc1cc(C)c(OCC(=O)Nc2ccc(N3CCOCC3)cc2)c(C)c1. The van der Waals surface area contributed by atoms with Gasteiger partial charge in [0, 0.05) is 24.5 Å². The molecule has 2 aromatic rings. The Hall–Kier alpha value is -2.53. The molecule has 0 radical (unpaired) electrons. The quantitative estimate of drug-likeness (QED) is 0.893. The van der Waals surface area contributed by atoms with Crippen molar-refractivity contribution >= 4 is 17.3 Å². The van der Waals surface area contributed by atoms with Crippen LogP contribution in [-0.4, -0.2) is 38.8 Å². The Morgan fingerprint density at radius 2 is 1.69 bits per heavy atom. The molecule has 1 saturated heterocycles. The van der Waals surface area contributed by atoms with Crippen molar-refractivity contribution in [2.24, 2.45) is 0 Å². The molecule has 1 fully saturated rings. The highest BCUT2D eigenvalue weighted by atomic mass is 16.5. The van der Waals surface area contributed by atoms with Gasteiger partial charge in [-0.25, -0.2) is 0 Å². The summed E-state index contributed by atoms with van der Waals surface area (Å²) in [5.41, 5.74) is 5.20.